The molecule has 0 aliphatic heterocycles. The first-order chi connectivity index (χ1) is 12.6. The first kappa shape index (κ1) is 18.3. The summed E-state index contributed by atoms with van der Waals surface area (Å²) in [4.78, 5) is 0. The first-order valence-electron chi connectivity index (χ1n) is 8.96. The van der Waals surface area contributed by atoms with Crippen LogP contribution >= 0.6 is 0 Å². The molecule has 1 aliphatic carbocycles. The fourth-order valence-corrected chi connectivity index (χ4v) is 3.58. The molecule has 0 spiro atoms. The molecule has 134 valence electrons. The molecule has 0 atom stereocenters. The van der Waals surface area contributed by atoms with Crippen molar-refractivity contribution < 1.29 is 13.2 Å². The van der Waals surface area contributed by atoms with Crippen LogP contribution in [0.15, 0.2) is 48.6 Å². The van der Waals surface area contributed by atoms with Gasteiger partial charge in [-0.25, -0.2) is 4.39 Å². The van der Waals surface area contributed by atoms with Gasteiger partial charge in [-0.1, -0.05) is 48.3 Å². The van der Waals surface area contributed by atoms with Crippen molar-refractivity contribution in [3.8, 4) is 11.8 Å². The van der Waals surface area contributed by atoms with Crippen molar-refractivity contribution >= 4 is 16.8 Å². The fourth-order valence-electron chi connectivity index (χ4n) is 3.58. The quantitative estimate of drug-likeness (QED) is 0.404. The largest absolute Gasteiger partial charge is 0.271 e. The monoisotopic (exact) mass is 354 g/mol. The number of benzene rings is 2. The Morgan fingerprint density at radius 2 is 1.81 bits per heavy atom. The Hall–Kier alpha value is -2.47. The molecule has 2 aromatic carbocycles. The zero-order chi connectivity index (χ0) is 18.5. The normalized spacial score (nSPS) is 20.0. The molecule has 2 aromatic rings. The second-order valence-corrected chi connectivity index (χ2v) is 6.71. The maximum atomic E-state index is 14.5. The lowest BCUT2D eigenvalue weighted by Crippen LogP contribution is -2.11. The minimum absolute atomic E-state index is 0.107. The molecule has 0 N–H and O–H groups in total. The summed E-state index contributed by atoms with van der Waals surface area (Å²) in [6.07, 6.45) is 7.47. The van der Waals surface area contributed by atoms with Crippen molar-refractivity contribution in [2.45, 2.75) is 32.6 Å². The highest BCUT2D eigenvalue weighted by atomic mass is 19.3. The molecule has 0 saturated heterocycles. The number of fused-ring (bicyclic) bond motifs is 1. The van der Waals surface area contributed by atoms with E-state index in [9.17, 15) is 13.2 Å². The molecule has 3 heteroatoms. The van der Waals surface area contributed by atoms with E-state index in [4.69, 9.17) is 0 Å². The van der Waals surface area contributed by atoms with Gasteiger partial charge in [-0.2, -0.15) is 8.78 Å². The number of rotatable bonds is 2. The molecule has 0 nitrogen and oxygen atoms in total. The van der Waals surface area contributed by atoms with Crippen molar-refractivity contribution in [2.75, 3.05) is 0 Å². The van der Waals surface area contributed by atoms with Gasteiger partial charge in [0.05, 0.1) is 0 Å². The minimum Gasteiger partial charge on any atom is -0.206 e. The van der Waals surface area contributed by atoms with E-state index in [1.165, 1.54) is 6.07 Å². The minimum atomic E-state index is -1.91. The van der Waals surface area contributed by atoms with Crippen LogP contribution in [0.25, 0.3) is 16.8 Å². The van der Waals surface area contributed by atoms with Gasteiger partial charge < -0.3 is 0 Å². The van der Waals surface area contributed by atoms with Crippen LogP contribution in [0, 0.1) is 29.5 Å². The molecule has 0 heterocycles. The van der Waals surface area contributed by atoms with Crippen LogP contribution in [0.3, 0.4) is 0 Å². The smallest absolute Gasteiger partial charge is 0.206 e. The van der Waals surface area contributed by atoms with E-state index in [1.807, 2.05) is 6.07 Å². The topological polar surface area (TPSA) is 0 Å². The maximum Gasteiger partial charge on any atom is 0.271 e. The van der Waals surface area contributed by atoms with Gasteiger partial charge in [0.15, 0.2) is 0 Å². The summed E-state index contributed by atoms with van der Waals surface area (Å²) in [5.41, 5.74) is 0.637. The van der Waals surface area contributed by atoms with Crippen molar-refractivity contribution in [3.63, 3.8) is 0 Å². The van der Waals surface area contributed by atoms with Crippen LogP contribution in [0.1, 0.15) is 43.7 Å². The standard InChI is InChI=1S/C23H21F3/c1-2-4-16-7-9-17(10-8-16)11-12-18-5-3-6-21-20(18)14-13-19(23(21)26)15-22(24)25/h2-6,13-17H,7-10H2,1H3/b4-2+. The van der Waals surface area contributed by atoms with Crippen molar-refractivity contribution in [2.24, 2.45) is 11.8 Å². The second-order valence-electron chi connectivity index (χ2n) is 6.71. The highest BCUT2D eigenvalue weighted by molar-refractivity contribution is 5.90. The Balaban J connectivity index is 1.86. The molecule has 0 amide bonds. The van der Waals surface area contributed by atoms with Gasteiger partial charge >= 0.3 is 0 Å². The Bertz CT molecular complexity index is 900. The van der Waals surface area contributed by atoms with Gasteiger partial charge in [0.1, 0.15) is 5.82 Å². The van der Waals surface area contributed by atoms with Crippen LogP contribution in [0.5, 0.6) is 0 Å². The molecule has 1 fully saturated rings. The lowest BCUT2D eigenvalue weighted by Gasteiger charge is -2.23. The average Bonchev–Trinajstić information content (AvgIpc) is 2.63. The Morgan fingerprint density at radius 1 is 1.04 bits per heavy atom. The van der Waals surface area contributed by atoms with E-state index in [0.717, 1.165) is 31.2 Å². The van der Waals surface area contributed by atoms with Gasteiger partial charge in [0.25, 0.3) is 6.08 Å². The van der Waals surface area contributed by atoms with Crippen LogP contribution in [-0.4, -0.2) is 0 Å². The zero-order valence-corrected chi connectivity index (χ0v) is 14.7. The van der Waals surface area contributed by atoms with Crippen LogP contribution in [0.2, 0.25) is 0 Å². The average molecular weight is 354 g/mol. The fraction of sp³-hybridized carbons (Fsp3) is 0.304. The van der Waals surface area contributed by atoms with Crippen LogP contribution in [-0.2, 0) is 0 Å². The van der Waals surface area contributed by atoms with E-state index in [-0.39, 0.29) is 5.56 Å². The van der Waals surface area contributed by atoms with Gasteiger partial charge in [0.2, 0.25) is 0 Å². The number of hydrogen-bond acceptors (Lipinski definition) is 0. The maximum absolute atomic E-state index is 14.5. The van der Waals surface area contributed by atoms with Crippen LogP contribution < -0.4 is 0 Å². The van der Waals surface area contributed by atoms with Crippen LogP contribution in [0.4, 0.5) is 13.2 Å². The van der Waals surface area contributed by atoms with E-state index in [2.05, 4.69) is 30.9 Å². The summed E-state index contributed by atoms with van der Waals surface area (Å²) in [5.74, 6) is 6.91. The van der Waals surface area contributed by atoms with Crippen molar-refractivity contribution in [1.82, 2.24) is 0 Å². The Labute approximate surface area is 152 Å². The van der Waals surface area contributed by atoms with E-state index in [1.54, 1.807) is 18.2 Å². The SMILES string of the molecule is C/C=C/C1CCC(C#Cc2cccc3c(F)c(C=C(F)F)ccc23)CC1. The molecular weight excluding hydrogens is 333 g/mol. The molecule has 1 aliphatic rings. The summed E-state index contributed by atoms with van der Waals surface area (Å²) >= 11 is 0. The third-order valence-corrected chi connectivity index (χ3v) is 4.94. The first-order valence-corrected chi connectivity index (χ1v) is 8.96. The van der Waals surface area contributed by atoms with Gasteiger partial charge in [-0.05, 0) is 44.6 Å². The van der Waals surface area contributed by atoms with E-state index < -0.39 is 11.9 Å². The number of allylic oxidation sites excluding steroid dienone is 2. The number of halogens is 3. The predicted octanol–water partition coefficient (Wildman–Crippen LogP) is 6.95. The molecule has 3 rings (SSSR count). The lowest BCUT2D eigenvalue weighted by atomic mass is 9.82. The summed E-state index contributed by atoms with van der Waals surface area (Å²) in [6.45, 7) is 2.05. The van der Waals surface area contributed by atoms with E-state index in [0.29, 0.717) is 28.7 Å². The summed E-state index contributed by atoms with van der Waals surface area (Å²) < 4.78 is 39.4. The Kier molecular flexibility index (Phi) is 5.83. The molecular formula is C23H21F3. The third kappa shape index (κ3) is 4.19. The molecule has 0 aromatic heterocycles. The predicted molar refractivity (Wildman–Crippen MR) is 101 cm³/mol. The van der Waals surface area contributed by atoms with Gasteiger partial charge in [-0.15, -0.1) is 0 Å². The molecule has 1 saturated carbocycles. The van der Waals surface area contributed by atoms with Gasteiger partial charge in [0, 0.05) is 33.9 Å². The van der Waals surface area contributed by atoms with Gasteiger partial charge in [-0.3, -0.25) is 0 Å². The zero-order valence-electron chi connectivity index (χ0n) is 14.7. The second kappa shape index (κ2) is 8.27. The highest BCUT2D eigenvalue weighted by Gasteiger charge is 2.17. The molecule has 0 bridgehead atoms. The number of hydrogen-bond donors (Lipinski definition) is 0. The molecule has 0 unspecified atom stereocenters. The summed E-state index contributed by atoms with van der Waals surface area (Å²) in [5, 5.41) is 0.986. The molecule has 0 radical (unpaired) electrons. The highest BCUT2D eigenvalue weighted by Crippen LogP contribution is 2.30. The summed E-state index contributed by atoms with van der Waals surface area (Å²) in [6, 6.07) is 8.22. The van der Waals surface area contributed by atoms with Crippen molar-refractivity contribution in [3.05, 3.63) is 65.5 Å². The van der Waals surface area contributed by atoms with E-state index >= 15 is 0 Å². The van der Waals surface area contributed by atoms with Crippen molar-refractivity contribution in [1.29, 1.82) is 0 Å². The third-order valence-electron chi connectivity index (χ3n) is 4.94. The lowest BCUT2D eigenvalue weighted by molar-refractivity contribution is 0.364. The Morgan fingerprint density at radius 3 is 2.50 bits per heavy atom. The molecule has 26 heavy (non-hydrogen) atoms. The summed E-state index contributed by atoms with van der Waals surface area (Å²) in [7, 11) is 0.